The van der Waals surface area contributed by atoms with E-state index in [0.29, 0.717) is 6.42 Å². The van der Waals surface area contributed by atoms with Crippen molar-refractivity contribution in [3.63, 3.8) is 0 Å². The molecule has 0 aliphatic heterocycles. The van der Waals surface area contributed by atoms with E-state index in [1.807, 2.05) is 38.4 Å². The molecule has 2 aromatic carbocycles. The second-order valence-electron chi connectivity index (χ2n) is 7.43. The van der Waals surface area contributed by atoms with Crippen molar-refractivity contribution < 1.29 is 28.6 Å². The van der Waals surface area contributed by atoms with Crippen LogP contribution in [-0.2, 0) is 41.7 Å². The summed E-state index contributed by atoms with van der Waals surface area (Å²) in [6, 6.07) is 16.1. The molecule has 0 aromatic heterocycles. The SMILES string of the molecule is C=CC(=O)OCCCC(=O)OCC(=O)OCc1ccc(-c2ccc(CN(C)C)cc2)cc1. The maximum atomic E-state index is 11.8. The number of nitrogens with zero attached hydrogens (tertiary/aromatic N) is 1. The van der Waals surface area contributed by atoms with Gasteiger partial charge in [-0.15, -0.1) is 0 Å². The molecular formula is C25H29NO6. The molecule has 0 saturated heterocycles. The first-order valence-corrected chi connectivity index (χ1v) is 10.3. The number of hydrogen-bond acceptors (Lipinski definition) is 7. The van der Waals surface area contributed by atoms with E-state index in [-0.39, 0.29) is 19.6 Å². The highest BCUT2D eigenvalue weighted by Gasteiger charge is 2.09. The summed E-state index contributed by atoms with van der Waals surface area (Å²) in [5.41, 5.74) is 4.27. The van der Waals surface area contributed by atoms with E-state index in [4.69, 9.17) is 14.2 Å². The molecule has 2 rings (SSSR count). The van der Waals surface area contributed by atoms with Crippen molar-refractivity contribution in [2.75, 3.05) is 27.3 Å². The highest BCUT2D eigenvalue weighted by Crippen LogP contribution is 2.21. The average Bonchev–Trinajstić information content (AvgIpc) is 2.79. The Morgan fingerprint density at radius 3 is 2.00 bits per heavy atom. The van der Waals surface area contributed by atoms with Crippen molar-refractivity contribution in [2.45, 2.75) is 26.0 Å². The lowest BCUT2D eigenvalue weighted by atomic mass is 10.0. The number of carbonyl (C=O) groups excluding carboxylic acids is 3. The van der Waals surface area contributed by atoms with Crippen molar-refractivity contribution in [2.24, 2.45) is 0 Å². The first-order valence-electron chi connectivity index (χ1n) is 10.3. The Kier molecular flexibility index (Phi) is 10.1. The van der Waals surface area contributed by atoms with Crippen LogP contribution in [0.25, 0.3) is 11.1 Å². The molecule has 0 fully saturated rings. The molecule has 0 aliphatic rings. The van der Waals surface area contributed by atoms with Gasteiger partial charge in [-0.05, 0) is 42.8 Å². The van der Waals surface area contributed by atoms with Gasteiger partial charge >= 0.3 is 17.9 Å². The molecular weight excluding hydrogens is 410 g/mol. The van der Waals surface area contributed by atoms with E-state index in [2.05, 4.69) is 35.7 Å². The van der Waals surface area contributed by atoms with Gasteiger partial charge in [-0.25, -0.2) is 9.59 Å². The van der Waals surface area contributed by atoms with Crippen molar-refractivity contribution in [3.8, 4) is 11.1 Å². The second-order valence-corrected chi connectivity index (χ2v) is 7.43. The van der Waals surface area contributed by atoms with Gasteiger partial charge in [-0.1, -0.05) is 55.1 Å². The molecule has 0 aliphatic carbocycles. The van der Waals surface area contributed by atoms with Gasteiger partial charge in [0, 0.05) is 19.0 Å². The summed E-state index contributed by atoms with van der Waals surface area (Å²) in [6.07, 6.45) is 1.39. The quantitative estimate of drug-likeness (QED) is 0.217. The predicted octanol–water partition coefficient (Wildman–Crippen LogP) is 3.51. The number of hydrogen-bond donors (Lipinski definition) is 0. The minimum atomic E-state index is -0.628. The summed E-state index contributed by atoms with van der Waals surface area (Å²) in [5, 5.41) is 0. The van der Waals surface area contributed by atoms with Gasteiger partial charge in [0.05, 0.1) is 6.61 Å². The van der Waals surface area contributed by atoms with Gasteiger partial charge in [0.1, 0.15) is 6.61 Å². The molecule has 32 heavy (non-hydrogen) atoms. The minimum absolute atomic E-state index is 0.0370. The summed E-state index contributed by atoms with van der Waals surface area (Å²) in [6.45, 7) is 3.89. The molecule has 7 nitrogen and oxygen atoms in total. The van der Waals surface area contributed by atoms with Crippen LogP contribution < -0.4 is 0 Å². The van der Waals surface area contributed by atoms with Crippen LogP contribution in [0.1, 0.15) is 24.0 Å². The Hall–Kier alpha value is -3.45. The molecule has 170 valence electrons. The average molecular weight is 440 g/mol. The number of esters is 3. The minimum Gasteiger partial charge on any atom is -0.463 e. The van der Waals surface area contributed by atoms with Crippen LogP contribution in [0.2, 0.25) is 0 Å². The van der Waals surface area contributed by atoms with Crippen molar-refractivity contribution in [3.05, 3.63) is 72.3 Å². The van der Waals surface area contributed by atoms with Gasteiger partial charge in [0.2, 0.25) is 0 Å². The van der Waals surface area contributed by atoms with E-state index < -0.39 is 24.5 Å². The van der Waals surface area contributed by atoms with Crippen LogP contribution in [0.15, 0.2) is 61.2 Å². The topological polar surface area (TPSA) is 82.1 Å². The van der Waals surface area contributed by atoms with Crippen LogP contribution in [0, 0.1) is 0 Å². The van der Waals surface area contributed by atoms with Gasteiger partial charge < -0.3 is 19.1 Å². The van der Waals surface area contributed by atoms with E-state index in [0.717, 1.165) is 29.3 Å². The predicted molar refractivity (Wildman–Crippen MR) is 120 cm³/mol. The molecule has 0 unspecified atom stereocenters. The molecule has 0 heterocycles. The summed E-state index contributed by atoms with van der Waals surface area (Å²) in [4.78, 5) is 36.4. The molecule has 0 N–H and O–H groups in total. The standard InChI is InChI=1S/C25H29NO6/c1-4-23(27)30-15-5-6-24(28)32-18-25(29)31-17-20-9-13-22(14-10-20)21-11-7-19(8-12-21)16-26(2)3/h4,7-14H,1,5-6,15-18H2,2-3H3. The zero-order chi connectivity index (χ0) is 23.3. The van der Waals surface area contributed by atoms with Crippen LogP contribution in [0.3, 0.4) is 0 Å². The van der Waals surface area contributed by atoms with Gasteiger partial charge in [-0.2, -0.15) is 0 Å². The van der Waals surface area contributed by atoms with Crippen LogP contribution >= 0.6 is 0 Å². The zero-order valence-corrected chi connectivity index (χ0v) is 18.5. The number of rotatable bonds is 12. The molecule has 0 spiro atoms. The Morgan fingerprint density at radius 1 is 0.844 bits per heavy atom. The van der Waals surface area contributed by atoms with E-state index in [1.165, 1.54) is 5.56 Å². The van der Waals surface area contributed by atoms with Gasteiger partial charge in [0.15, 0.2) is 6.61 Å². The van der Waals surface area contributed by atoms with Crippen LogP contribution in [0.4, 0.5) is 0 Å². The Balaban J connectivity index is 1.70. The summed E-state index contributed by atoms with van der Waals surface area (Å²) >= 11 is 0. The van der Waals surface area contributed by atoms with Crippen molar-refractivity contribution in [1.82, 2.24) is 4.90 Å². The second kappa shape index (κ2) is 13.1. The number of benzene rings is 2. The van der Waals surface area contributed by atoms with Crippen LogP contribution in [0.5, 0.6) is 0 Å². The Bertz CT molecular complexity index is 903. The normalized spacial score (nSPS) is 10.5. The summed E-state index contributed by atoms with van der Waals surface area (Å²) < 4.78 is 14.8. The molecule has 0 radical (unpaired) electrons. The molecule has 0 amide bonds. The number of ether oxygens (including phenoxy) is 3. The zero-order valence-electron chi connectivity index (χ0n) is 18.5. The third-order valence-electron chi connectivity index (χ3n) is 4.43. The van der Waals surface area contributed by atoms with Crippen molar-refractivity contribution in [1.29, 1.82) is 0 Å². The first-order chi connectivity index (χ1) is 15.4. The van der Waals surface area contributed by atoms with E-state index in [9.17, 15) is 14.4 Å². The number of carbonyl (C=O) groups is 3. The van der Waals surface area contributed by atoms with E-state index >= 15 is 0 Å². The van der Waals surface area contributed by atoms with Crippen molar-refractivity contribution >= 4 is 17.9 Å². The largest absolute Gasteiger partial charge is 0.463 e. The smallest absolute Gasteiger partial charge is 0.344 e. The first kappa shape index (κ1) is 24.8. The molecule has 0 bridgehead atoms. The highest BCUT2D eigenvalue weighted by atomic mass is 16.6. The summed E-state index contributed by atoms with van der Waals surface area (Å²) in [7, 11) is 4.08. The van der Waals surface area contributed by atoms with Crippen LogP contribution in [-0.4, -0.2) is 50.1 Å². The highest BCUT2D eigenvalue weighted by molar-refractivity contribution is 5.81. The maximum Gasteiger partial charge on any atom is 0.344 e. The fourth-order valence-corrected chi connectivity index (χ4v) is 2.83. The lowest BCUT2D eigenvalue weighted by Gasteiger charge is -2.10. The summed E-state index contributed by atoms with van der Waals surface area (Å²) in [5.74, 6) is -1.73. The van der Waals surface area contributed by atoms with Gasteiger partial charge in [0.25, 0.3) is 0 Å². The van der Waals surface area contributed by atoms with Gasteiger partial charge in [-0.3, -0.25) is 4.79 Å². The Labute approximate surface area is 188 Å². The molecule has 0 saturated carbocycles. The molecule has 7 heteroatoms. The Morgan fingerprint density at radius 2 is 1.44 bits per heavy atom. The maximum absolute atomic E-state index is 11.8. The fraction of sp³-hybridized carbons (Fsp3) is 0.320. The molecule has 0 atom stereocenters. The lowest BCUT2D eigenvalue weighted by Crippen LogP contribution is -2.16. The third kappa shape index (κ3) is 9.14. The third-order valence-corrected chi connectivity index (χ3v) is 4.43. The monoisotopic (exact) mass is 439 g/mol. The molecule has 2 aromatic rings. The van der Waals surface area contributed by atoms with E-state index in [1.54, 1.807) is 0 Å². The fourth-order valence-electron chi connectivity index (χ4n) is 2.83. The lowest BCUT2D eigenvalue weighted by molar-refractivity contribution is -0.159.